The van der Waals surface area contributed by atoms with Crippen LogP contribution in [0.4, 0.5) is 0 Å². The van der Waals surface area contributed by atoms with E-state index >= 15 is 0 Å². The summed E-state index contributed by atoms with van der Waals surface area (Å²) >= 11 is 1.50. The lowest BCUT2D eigenvalue weighted by Crippen LogP contribution is -2.42. The maximum atomic E-state index is 12.0. The Kier molecular flexibility index (Phi) is 3.27. The third-order valence-corrected chi connectivity index (χ3v) is 4.55. The van der Waals surface area contributed by atoms with E-state index in [0.29, 0.717) is 10.6 Å². The van der Waals surface area contributed by atoms with Crippen LogP contribution < -0.4 is 10.9 Å². The average Bonchev–Trinajstić information content (AvgIpc) is 3.09. The van der Waals surface area contributed by atoms with Gasteiger partial charge in [-0.05, 0) is 37.0 Å². The predicted octanol–water partition coefficient (Wildman–Crippen LogP) is 1.05. The molecule has 0 aromatic carbocycles. The highest BCUT2D eigenvalue weighted by molar-refractivity contribution is 7.14. The summed E-state index contributed by atoms with van der Waals surface area (Å²) in [6, 6.07) is 3.50. The van der Waals surface area contributed by atoms with E-state index in [2.05, 4.69) is 16.0 Å². The maximum Gasteiger partial charge on any atom is 0.287 e. The molecule has 2 aromatic heterocycles. The Bertz CT molecular complexity index is 652. The number of hydrogen-bond acceptors (Lipinski definition) is 4. The van der Waals surface area contributed by atoms with Gasteiger partial charge in [0.05, 0.1) is 4.88 Å². The molecular formula is C13H14N4O2S. The molecule has 2 amide bonds. The minimum atomic E-state index is -0.387. The van der Waals surface area contributed by atoms with Gasteiger partial charge < -0.3 is 0 Å². The normalized spacial score (nSPS) is 13.1. The van der Waals surface area contributed by atoms with Crippen LogP contribution in [0.2, 0.25) is 0 Å². The van der Waals surface area contributed by atoms with Crippen molar-refractivity contribution in [3.05, 3.63) is 39.3 Å². The zero-order chi connectivity index (χ0) is 14.1. The zero-order valence-corrected chi connectivity index (χ0v) is 11.8. The van der Waals surface area contributed by atoms with Crippen LogP contribution >= 0.6 is 11.3 Å². The number of nitrogens with one attached hydrogen (secondary N) is 2. The zero-order valence-electron chi connectivity index (χ0n) is 11.0. The monoisotopic (exact) mass is 290 g/mol. The minimum absolute atomic E-state index is 0.278. The molecule has 0 atom stereocenters. The van der Waals surface area contributed by atoms with Crippen molar-refractivity contribution in [2.75, 3.05) is 0 Å². The smallest absolute Gasteiger partial charge is 0.266 e. The van der Waals surface area contributed by atoms with Gasteiger partial charge in [0.1, 0.15) is 5.69 Å². The SMILES string of the molecule is Cn1nccc1C(=O)NNC(=O)c1cc2c(s1)CCC2. The Balaban J connectivity index is 1.62. The molecule has 3 rings (SSSR count). The predicted molar refractivity (Wildman–Crippen MR) is 74.5 cm³/mol. The quantitative estimate of drug-likeness (QED) is 0.812. The lowest BCUT2D eigenvalue weighted by atomic mass is 10.2. The van der Waals surface area contributed by atoms with Crippen molar-refractivity contribution in [2.45, 2.75) is 19.3 Å². The number of nitrogens with zero attached hydrogens (tertiary/aromatic N) is 2. The Morgan fingerprint density at radius 2 is 2.10 bits per heavy atom. The summed E-state index contributed by atoms with van der Waals surface area (Å²) in [5, 5.41) is 3.90. The Labute approximate surface area is 119 Å². The molecule has 0 saturated heterocycles. The largest absolute Gasteiger partial charge is 0.287 e. The van der Waals surface area contributed by atoms with Crippen molar-refractivity contribution >= 4 is 23.2 Å². The summed E-state index contributed by atoms with van der Waals surface area (Å²) in [5.41, 5.74) is 6.48. The van der Waals surface area contributed by atoms with E-state index in [1.165, 1.54) is 39.1 Å². The van der Waals surface area contributed by atoms with E-state index in [1.54, 1.807) is 13.1 Å². The highest BCUT2D eigenvalue weighted by Gasteiger charge is 2.19. The molecule has 1 aliphatic carbocycles. The van der Waals surface area contributed by atoms with E-state index in [-0.39, 0.29) is 11.8 Å². The van der Waals surface area contributed by atoms with E-state index in [1.807, 2.05) is 6.07 Å². The third-order valence-electron chi connectivity index (χ3n) is 3.31. The molecule has 2 N–H and O–H groups in total. The highest BCUT2D eigenvalue weighted by atomic mass is 32.1. The number of hydrazine groups is 1. The Morgan fingerprint density at radius 1 is 1.30 bits per heavy atom. The molecule has 0 aliphatic heterocycles. The fraction of sp³-hybridized carbons (Fsp3) is 0.308. The Hall–Kier alpha value is -2.15. The number of rotatable bonds is 2. The van der Waals surface area contributed by atoms with Crippen molar-refractivity contribution < 1.29 is 9.59 Å². The van der Waals surface area contributed by atoms with Gasteiger partial charge in [-0.2, -0.15) is 5.10 Å². The van der Waals surface area contributed by atoms with Crippen molar-refractivity contribution in [3.63, 3.8) is 0 Å². The molecule has 0 saturated carbocycles. The maximum absolute atomic E-state index is 12.0. The molecule has 6 nitrogen and oxygen atoms in total. The second-order valence-corrected chi connectivity index (χ2v) is 5.80. The molecule has 0 radical (unpaired) electrons. The highest BCUT2D eigenvalue weighted by Crippen LogP contribution is 2.30. The summed E-state index contributed by atoms with van der Waals surface area (Å²) in [5.74, 6) is -0.664. The van der Waals surface area contributed by atoms with Gasteiger partial charge >= 0.3 is 0 Å². The third kappa shape index (κ3) is 2.32. The molecule has 0 fully saturated rings. The fourth-order valence-corrected chi connectivity index (χ4v) is 3.43. The van der Waals surface area contributed by atoms with Crippen LogP contribution in [0.3, 0.4) is 0 Å². The fourth-order valence-electron chi connectivity index (χ4n) is 2.28. The van der Waals surface area contributed by atoms with Crippen LogP contribution in [0.1, 0.15) is 37.0 Å². The van der Waals surface area contributed by atoms with E-state index in [4.69, 9.17) is 0 Å². The molecule has 2 heterocycles. The van der Waals surface area contributed by atoms with Gasteiger partial charge in [-0.15, -0.1) is 11.3 Å². The van der Waals surface area contributed by atoms with E-state index in [9.17, 15) is 9.59 Å². The number of carbonyl (C=O) groups is 2. The molecule has 104 valence electrons. The summed E-state index contributed by atoms with van der Waals surface area (Å²) in [4.78, 5) is 25.7. The molecule has 2 aromatic rings. The van der Waals surface area contributed by atoms with Crippen molar-refractivity contribution in [1.29, 1.82) is 0 Å². The van der Waals surface area contributed by atoms with Crippen molar-refractivity contribution in [3.8, 4) is 0 Å². The van der Waals surface area contributed by atoms with Gasteiger partial charge in [-0.1, -0.05) is 0 Å². The molecular weight excluding hydrogens is 276 g/mol. The van der Waals surface area contributed by atoms with Gasteiger partial charge in [0, 0.05) is 18.1 Å². The second-order valence-electron chi connectivity index (χ2n) is 4.66. The van der Waals surface area contributed by atoms with Crippen LogP contribution in [0.15, 0.2) is 18.3 Å². The first kappa shape index (κ1) is 12.9. The van der Waals surface area contributed by atoms with Crippen LogP contribution in [-0.4, -0.2) is 21.6 Å². The molecule has 7 heteroatoms. The minimum Gasteiger partial charge on any atom is -0.266 e. The summed E-state index contributed by atoms with van der Waals surface area (Å²) in [6.45, 7) is 0. The number of aryl methyl sites for hydroxylation is 3. The number of amides is 2. The first-order valence-corrected chi connectivity index (χ1v) is 7.17. The topological polar surface area (TPSA) is 76.0 Å². The lowest BCUT2D eigenvalue weighted by molar-refractivity contribution is 0.0843. The number of fused-ring (bicyclic) bond motifs is 1. The van der Waals surface area contributed by atoms with Crippen LogP contribution in [0.25, 0.3) is 0 Å². The molecule has 20 heavy (non-hydrogen) atoms. The summed E-state index contributed by atoms with van der Waals surface area (Å²) < 4.78 is 1.45. The summed E-state index contributed by atoms with van der Waals surface area (Å²) in [6.07, 6.45) is 4.79. The van der Waals surface area contributed by atoms with E-state index in [0.717, 1.165) is 12.8 Å². The van der Waals surface area contributed by atoms with Gasteiger partial charge in [-0.25, -0.2) is 0 Å². The molecule has 0 spiro atoms. The average molecular weight is 290 g/mol. The molecule has 0 unspecified atom stereocenters. The Morgan fingerprint density at radius 3 is 2.80 bits per heavy atom. The molecule has 0 bridgehead atoms. The van der Waals surface area contributed by atoms with Crippen LogP contribution in [-0.2, 0) is 19.9 Å². The van der Waals surface area contributed by atoms with Gasteiger partial charge in [0.15, 0.2) is 0 Å². The first-order valence-electron chi connectivity index (χ1n) is 6.35. The number of aromatic nitrogens is 2. The summed E-state index contributed by atoms with van der Waals surface area (Å²) in [7, 11) is 1.67. The number of hydrogen-bond donors (Lipinski definition) is 2. The number of thiophene rings is 1. The second kappa shape index (κ2) is 5.09. The van der Waals surface area contributed by atoms with E-state index < -0.39 is 0 Å². The number of carbonyl (C=O) groups excluding carboxylic acids is 2. The van der Waals surface area contributed by atoms with Gasteiger partial charge in [-0.3, -0.25) is 25.1 Å². The van der Waals surface area contributed by atoms with Gasteiger partial charge in [0.2, 0.25) is 0 Å². The lowest BCUT2D eigenvalue weighted by Gasteiger charge is -2.06. The van der Waals surface area contributed by atoms with Crippen LogP contribution in [0, 0.1) is 0 Å². The van der Waals surface area contributed by atoms with Crippen molar-refractivity contribution in [2.24, 2.45) is 7.05 Å². The molecule has 1 aliphatic rings. The first-order chi connectivity index (χ1) is 9.65. The van der Waals surface area contributed by atoms with Crippen molar-refractivity contribution in [1.82, 2.24) is 20.6 Å². The van der Waals surface area contributed by atoms with Gasteiger partial charge in [0.25, 0.3) is 11.8 Å². The van der Waals surface area contributed by atoms with Crippen LogP contribution in [0.5, 0.6) is 0 Å². The standard InChI is InChI=1S/C13H14N4O2S/c1-17-9(5-6-14-17)12(18)15-16-13(19)11-7-8-3-2-4-10(8)20-11/h5-7H,2-4H2,1H3,(H,15,18)(H,16,19).